The molecule has 3 aromatic heterocycles. The van der Waals surface area contributed by atoms with Crippen LogP contribution in [0.25, 0.3) is 21.9 Å². The molecule has 10 heteroatoms. The number of rotatable bonds is 4. The molecule has 0 amide bonds. The Balaban J connectivity index is 1.38. The van der Waals surface area contributed by atoms with Crippen LogP contribution in [0.4, 0.5) is 16.0 Å². The van der Waals surface area contributed by atoms with E-state index in [0.29, 0.717) is 29.7 Å². The molecule has 0 saturated heterocycles. The molecule has 0 bridgehead atoms. The second kappa shape index (κ2) is 7.95. The number of aliphatic hydroxyl groups excluding tert-OH is 2. The molecule has 0 aliphatic heterocycles. The van der Waals surface area contributed by atoms with Crippen LogP contribution in [0.2, 0.25) is 0 Å². The summed E-state index contributed by atoms with van der Waals surface area (Å²) in [5.41, 5.74) is 13.9. The molecule has 0 unspecified atom stereocenters. The van der Waals surface area contributed by atoms with Crippen molar-refractivity contribution >= 4 is 49.5 Å². The van der Waals surface area contributed by atoms with Gasteiger partial charge in [-0.2, -0.15) is 0 Å². The van der Waals surface area contributed by atoms with Crippen molar-refractivity contribution in [3.63, 3.8) is 0 Å². The summed E-state index contributed by atoms with van der Waals surface area (Å²) in [6.45, 7) is 0. The molecule has 0 radical (unpaired) electrons. The number of nitrogen functional groups attached to an aromatic ring is 2. The van der Waals surface area contributed by atoms with Gasteiger partial charge in [0, 0.05) is 17.5 Å². The SMILES string of the molecule is Nc1nc2cc(CC[C@@H]3[C@@H](O)[C@@H](O)[C@H](n4ccc5c(N)ncnc54)[C@@H]3F)ccc2cc1Br. The van der Waals surface area contributed by atoms with Crippen LogP contribution < -0.4 is 11.5 Å². The number of anilines is 2. The molecule has 5 rings (SSSR count). The quantitative estimate of drug-likeness (QED) is 0.338. The Kier molecular flexibility index (Phi) is 5.23. The van der Waals surface area contributed by atoms with Crippen molar-refractivity contribution in [3.8, 4) is 0 Å². The van der Waals surface area contributed by atoms with Crippen LogP contribution in [-0.2, 0) is 6.42 Å². The first kappa shape index (κ1) is 21.0. The molecule has 5 atom stereocenters. The lowest BCUT2D eigenvalue weighted by Crippen LogP contribution is -2.29. The number of benzene rings is 1. The Morgan fingerprint density at radius 3 is 2.69 bits per heavy atom. The molecule has 3 heterocycles. The first-order chi connectivity index (χ1) is 15.3. The molecule has 1 aliphatic carbocycles. The van der Waals surface area contributed by atoms with E-state index in [-0.39, 0.29) is 5.82 Å². The summed E-state index contributed by atoms with van der Waals surface area (Å²) < 4.78 is 17.8. The van der Waals surface area contributed by atoms with Crippen molar-refractivity contribution in [2.75, 3.05) is 11.5 Å². The minimum atomic E-state index is -1.46. The van der Waals surface area contributed by atoms with E-state index in [1.54, 1.807) is 16.8 Å². The van der Waals surface area contributed by atoms with Gasteiger partial charge in [-0.15, -0.1) is 0 Å². The van der Waals surface area contributed by atoms with Crippen LogP contribution in [0.5, 0.6) is 0 Å². The number of aromatic nitrogens is 4. The summed E-state index contributed by atoms with van der Waals surface area (Å²) in [4.78, 5) is 12.5. The molecular weight excluding hydrogens is 479 g/mol. The third-order valence-electron chi connectivity index (χ3n) is 6.36. The maximum absolute atomic E-state index is 15.5. The molecule has 1 aromatic carbocycles. The fourth-order valence-electron chi connectivity index (χ4n) is 4.65. The van der Waals surface area contributed by atoms with E-state index in [9.17, 15) is 10.2 Å². The number of aliphatic hydroxyl groups is 2. The second-order valence-electron chi connectivity index (χ2n) is 8.22. The van der Waals surface area contributed by atoms with Crippen molar-refractivity contribution in [1.82, 2.24) is 19.5 Å². The van der Waals surface area contributed by atoms with E-state index < -0.39 is 30.3 Å². The maximum atomic E-state index is 15.5. The summed E-state index contributed by atoms with van der Waals surface area (Å²) in [5, 5.41) is 22.8. The van der Waals surface area contributed by atoms with Gasteiger partial charge in [0.05, 0.1) is 27.5 Å². The third kappa shape index (κ3) is 3.39. The fraction of sp³-hybridized carbons (Fsp3) is 0.318. The monoisotopic (exact) mass is 500 g/mol. The molecule has 1 aliphatic rings. The molecule has 0 spiro atoms. The number of hydrogen-bond acceptors (Lipinski definition) is 7. The Morgan fingerprint density at radius 2 is 1.88 bits per heavy atom. The minimum Gasteiger partial charge on any atom is -0.390 e. The lowest BCUT2D eigenvalue weighted by molar-refractivity contribution is 0.00531. The molecule has 166 valence electrons. The Hall–Kier alpha value is -2.82. The van der Waals surface area contributed by atoms with E-state index in [1.165, 1.54) is 6.33 Å². The molecular formula is C22H22BrFN6O2. The van der Waals surface area contributed by atoms with Crippen molar-refractivity contribution in [1.29, 1.82) is 0 Å². The normalized spacial score (nSPS) is 25.7. The molecule has 4 aromatic rings. The van der Waals surface area contributed by atoms with Crippen LogP contribution >= 0.6 is 15.9 Å². The third-order valence-corrected chi connectivity index (χ3v) is 7.00. The van der Waals surface area contributed by atoms with E-state index >= 15 is 4.39 Å². The lowest BCUT2D eigenvalue weighted by Gasteiger charge is -2.20. The predicted octanol–water partition coefficient (Wildman–Crippen LogP) is 2.77. The van der Waals surface area contributed by atoms with E-state index in [1.807, 2.05) is 24.3 Å². The zero-order valence-corrected chi connectivity index (χ0v) is 18.5. The highest BCUT2D eigenvalue weighted by Gasteiger charge is 2.50. The number of alkyl halides is 1. The number of pyridine rings is 1. The first-order valence-electron chi connectivity index (χ1n) is 10.3. The summed E-state index contributed by atoms with van der Waals surface area (Å²) in [6.07, 6.45) is -0.107. The molecule has 6 N–H and O–H groups in total. The number of aryl methyl sites for hydroxylation is 1. The topological polar surface area (TPSA) is 136 Å². The smallest absolute Gasteiger partial charge is 0.145 e. The largest absolute Gasteiger partial charge is 0.390 e. The lowest BCUT2D eigenvalue weighted by atomic mass is 9.94. The first-order valence-corrected chi connectivity index (χ1v) is 11.1. The number of nitrogens with zero attached hydrogens (tertiary/aromatic N) is 4. The van der Waals surface area contributed by atoms with Gasteiger partial charge < -0.3 is 26.2 Å². The van der Waals surface area contributed by atoms with Gasteiger partial charge in [0.25, 0.3) is 0 Å². The Morgan fingerprint density at radius 1 is 1.06 bits per heavy atom. The average Bonchev–Trinajstić information content (AvgIpc) is 3.27. The minimum absolute atomic E-state index is 0.284. The van der Waals surface area contributed by atoms with Gasteiger partial charge in [-0.05, 0) is 52.5 Å². The van der Waals surface area contributed by atoms with E-state index in [0.717, 1.165) is 20.9 Å². The van der Waals surface area contributed by atoms with Crippen molar-refractivity contribution in [2.24, 2.45) is 5.92 Å². The van der Waals surface area contributed by atoms with Crippen molar-refractivity contribution in [3.05, 3.63) is 52.9 Å². The highest BCUT2D eigenvalue weighted by molar-refractivity contribution is 9.10. The summed E-state index contributed by atoms with van der Waals surface area (Å²) >= 11 is 3.37. The summed E-state index contributed by atoms with van der Waals surface area (Å²) in [5.74, 6) is -0.0457. The van der Waals surface area contributed by atoms with Crippen molar-refractivity contribution in [2.45, 2.75) is 37.3 Å². The summed E-state index contributed by atoms with van der Waals surface area (Å²) in [7, 11) is 0. The van der Waals surface area contributed by atoms with Gasteiger partial charge in [0.1, 0.15) is 35.9 Å². The average molecular weight is 501 g/mol. The molecule has 8 nitrogen and oxygen atoms in total. The number of hydrogen-bond donors (Lipinski definition) is 4. The Labute approximate surface area is 191 Å². The van der Waals surface area contributed by atoms with Gasteiger partial charge >= 0.3 is 0 Å². The van der Waals surface area contributed by atoms with E-state index in [4.69, 9.17) is 11.5 Å². The number of halogens is 2. The van der Waals surface area contributed by atoms with Crippen LogP contribution in [0.1, 0.15) is 18.0 Å². The maximum Gasteiger partial charge on any atom is 0.145 e. The van der Waals surface area contributed by atoms with E-state index in [2.05, 4.69) is 30.9 Å². The highest BCUT2D eigenvalue weighted by atomic mass is 79.9. The standard InChI is InChI=1S/C22H22BrFN6O2/c23-14-8-11-3-1-10(7-15(11)29-21(14)26)2-4-12-16(24)17(19(32)18(12)31)30-6-5-13-20(25)27-9-28-22(13)30/h1,3,5-9,12,16-19,31-32H,2,4H2,(H2,26,29)(H2,25,27,28)/t12-,16+,17+,18+,19-/m0/s1. The van der Waals surface area contributed by atoms with Gasteiger partial charge in [-0.1, -0.05) is 12.1 Å². The molecule has 1 fully saturated rings. The number of fused-ring (bicyclic) bond motifs is 2. The molecule has 1 saturated carbocycles. The van der Waals surface area contributed by atoms with Gasteiger partial charge in [0.2, 0.25) is 0 Å². The van der Waals surface area contributed by atoms with Crippen LogP contribution in [0.3, 0.4) is 0 Å². The Bertz CT molecular complexity index is 1310. The zero-order chi connectivity index (χ0) is 22.6. The van der Waals surface area contributed by atoms with Gasteiger partial charge in [0.15, 0.2) is 0 Å². The highest BCUT2D eigenvalue weighted by Crippen LogP contribution is 2.42. The predicted molar refractivity (Wildman–Crippen MR) is 124 cm³/mol. The zero-order valence-electron chi connectivity index (χ0n) is 16.9. The van der Waals surface area contributed by atoms with Crippen LogP contribution in [0.15, 0.2) is 47.3 Å². The van der Waals surface area contributed by atoms with Crippen molar-refractivity contribution < 1.29 is 14.6 Å². The van der Waals surface area contributed by atoms with Crippen LogP contribution in [0, 0.1) is 5.92 Å². The molecule has 32 heavy (non-hydrogen) atoms. The number of nitrogens with two attached hydrogens (primary N) is 2. The van der Waals surface area contributed by atoms with Crippen LogP contribution in [-0.4, -0.2) is 48.1 Å². The fourth-order valence-corrected chi connectivity index (χ4v) is 4.99. The van der Waals surface area contributed by atoms with Gasteiger partial charge in [-0.25, -0.2) is 19.3 Å². The second-order valence-corrected chi connectivity index (χ2v) is 9.07. The summed E-state index contributed by atoms with van der Waals surface area (Å²) in [6, 6.07) is 8.44. The van der Waals surface area contributed by atoms with Gasteiger partial charge in [-0.3, -0.25) is 0 Å².